The Morgan fingerprint density at radius 3 is 2.74 bits per heavy atom. The highest BCUT2D eigenvalue weighted by Crippen LogP contribution is 2.29. The van der Waals surface area contributed by atoms with Gasteiger partial charge in [-0.05, 0) is 34.9 Å². The maximum Gasteiger partial charge on any atom is 0.263 e. The lowest BCUT2D eigenvalue weighted by atomic mass is 10.00. The summed E-state index contributed by atoms with van der Waals surface area (Å²) < 4.78 is 0.523. The number of carbonyl (C=O) groups is 1. The molecule has 0 radical (unpaired) electrons. The topological polar surface area (TPSA) is 29.1 Å². The van der Waals surface area contributed by atoms with Crippen LogP contribution in [0.5, 0.6) is 0 Å². The van der Waals surface area contributed by atoms with E-state index >= 15 is 0 Å². The van der Waals surface area contributed by atoms with Crippen LogP contribution < -0.4 is 5.32 Å². The third kappa shape index (κ3) is 2.29. The summed E-state index contributed by atoms with van der Waals surface area (Å²) >= 11 is 6.30. The van der Waals surface area contributed by atoms with Gasteiger partial charge in [0.15, 0.2) is 0 Å². The molecule has 1 aliphatic rings. The van der Waals surface area contributed by atoms with E-state index in [2.05, 4.69) is 30.4 Å². The van der Waals surface area contributed by atoms with Crippen molar-refractivity contribution in [3.8, 4) is 0 Å². The standard InChI is InChI=1S/C15H11NOS2/c1-9-11(8-13-14(17)16-15(18)19-13)7-6-10-4-2-3-5-12(9)10/h2-8H,1H3,(H,16,17,18)/b13-8+. The van der Waals surface area contributed by atoms with Crippen LogP contribution in [0.1, 0.15) is 11.1 Å². The van der Waals surface area contributed by atoms with Crippen molar-refractivity contribution in [1.82, 2.24) is 5.32 Å². The summed E-state index contributed by atoms with van der Waals surface area (Å²) in [6.07, 6.45) is 1.90. The van der Waals surface area contributed by atoms with E-state index < -0.39 is 0 Å². The highest BCUT2D eigenvalue weighted by atomic mass is 32.2. The van der Waals surface area contributed by atoms with Gasteiger partial charge in [-0.2, -0.15) is 0 Å². The minimum absolute atomic E-state index is 0.109. The quantitative estimate of drug-likeness (QED) is 0.641. The number of fused-ring (bicyclic) bond motifs is 1. The van der Waals surface area contributed by atoms with Crippen molar-refractivity contribution in [2.75, 3.05) is 0 Å². The van der Waals surface area contributed by atoms with Crippen LogP contribution in [0.15, 0.2) is 41.3 Å². The third-order valence-electron chi connectivity index (χ3n) is 3.17. The number of aryl methyl sites for hydroxylation is 1. The number of rotatable bonds is 1. The molecule has 0 aromatic heterocycles. The molecule has 0 unspecified atom stereocenters. The van der Waals surface area contributed by atoms with E-state index in [4.69, 9.17) is 12.2 Å². The fraction of sp³-hybridized carbons (Fsp3) is 0.0667. The molecule has 0 bridgehead atoms. The van der Waals surface area contributed by atoms with Crippen molar-refractivity contribution in [2.45, 2.75) is 6.92 Å². The first-order valence-electron chi connectivity index (χ1n) is 5.88. The molecule has 2 aromatic rings. The van der Waals surface area contributed by atoms with Crippen LogP contribution in [-0.2, 0) is 4.79 Å². The zero-order chi connectivity index (χ0) is 13.4. The van der Waals surface area contributed by atoms with Crippen LogP contribution in [-0.4, -0.2) is 10.2 Å². The third-order valence-corrected chi connectivity index (χ3v) is 4.33. The van der Waals surface area contributed by atoms with Crippen LogP contribution in [0.3, 0.4) is 0 Å². The lowest BCUT2D eigenvalue weighted by Crippen LogP contribution is -2.17. The molecule has 4 heteroatoms. The number of hydrogen-bond donors (Lipinski definition) is 1. The summed E-state index contributed by atoms with van der Waals surface area (Å²) in [7, 11) is 0. The Balaban J connectivity index is 2.11. The first-order chi connectivity index (χ1) is 9.15. The summed E-state index contributed by atoms with van der Waals surface area (Å²) in [6.45, 7) is 2.07. The number of carbonyl (C=O) groups excluding carboxylic acids is 1. The van der Waals surface area contributed by atoms with Gasteiger partial charge in [-0.25, -0.2) is 0 Å². The summed E-state index contributed by atoms with van der Waals surface area (Å²) in [4.78, 5) is 12.3. The van der Waals surface area contributed by atoms with Gasteiger partial charge in [0.05, 0.1) is 4.91 Å². The van der Waals surface area contributed by atoms with Crippen molar-refractivity contribution in [3.63, 3.8) is 0 Å². The molecule has 0 aliphatic carbocycles. The maximum atomic E-state index is 11.7. The molecule has 3 rings (SSSR count). The second kappa shape index (κ2) is 4.79. The van der Waals surface area contributed by atoms with E-state index in [1.54, 1.807) is 0 Å². The average molecular weight is 285 g/mol. The molecule has 0 atom stereocenters. The molecule has 1 amide bonds. The predicted molar refractivity (Wildman–Crippen MR) is 85.0 cm³/mol. The van der Waals surface area contributed by atoms with Crippen LogP contribution in [0, 0.1) is 6.92 Å². The normalized spacial score (nSPS) is 17.2. The Morgan fingerprint density at radius 2 is 2.00 bits per heavy atom. The molecule has 94 valence electrons. The maximum absolute atomic E-state index is 11.7. The van der Waals surface area contributed by atoms with Gasteiger partial charge in [0.1, 0.15) is 4.32 Å². The zero-order valence-corrected chi connectivity index (χ0v) is 11.9. The second-order valence-corrected chi connectivity index (χ2v) is 6.07. The van der Waals surface area contributed by atoms with Gasteiger partial charge in [-0.3, -0.25) is 4.79 Å². The van der Waals surface area contributed by atoms with E-state index in [0.29, 0.717) is 9.23 Å². The van der Waals surface area contributed by atoms with Crippen LogP contribution in [0.25, 0.3) is 16.8 Å². The Labute approximate surface area is 120 Å². The smallest absolute Gasteiger partial charge is 0.263 e. The van der Waals surface area contributed by atoms with Crippen LogP contribution in [0.4, 0.5) is 0 Å². The van der Waals surface area contributed by atoms with Crippen LogP contribution >= 0.6 is 24.0 Å². The molecule has 0 spiro atoms. The summed E-state index contributed by atoms with van der Waals surface area (Å²) in [5, 5.41) is 5.05. The molecule has 2 aromatic carbocycles. The largest absolute Gasteiger partial charge is 0.307 e. The fourth-order valence-electron chi connectivity index (χ4n) is 2.16. The van der Waals surface area contributed by atoms with Gasteiger partial charge >= 0.3 is 0 Å². The van der Waals surface area contributed by atoms with Gasteiger partial charge in [-0.15, -0.1) is 0 Å². The predicted octanol–water partition coefficient (Wildman–Crippen LogP) is 3.64. The highest BCUT2D eigenvalue weighted by molar-refractivity contribution is 8.26. The molecule has 1 fully saturated rings. The van der Waals surface area contributed by atoms with Gasteiger partial charge < -0.3 is 5.32 Å². The minimum Gasteiger partial charge on any atom is -0.307 e. The number of thiocarbonyl (C=S) groups is 1. The van der Waals surface area contributed by atoms with Gasteiger partial charge in [0, 0.05) is 0 Å². The van der Waals surface area contributed by atoms with E-state index in [1.165, 1.54) is 28.1 Å². The van der Waals surface area contributed by atoms with Crippen LogP contribution in [0.2, 0.25) is 0 Å². The van der Waals surface area contributed by atoms with Crippen molar-refractivity contribution in [3.05, 3.63) is 52.4 Å². The Hall–Kier alpha value is -1.65. The summed E-state index contributed by atoms with van der Waals surface area (Å²) in [5.74, 6) is -0.109. The van der Waals surface area contributed by atoms with E-state index in [0.717, 1.165) is 5.56 Å². The Morgan fingerprint density at radius 1 is 1.21 bits per heavy atom. The van der Waals surface area contributed by atoms with Crippen molar-refractivity contribution in [1.29, 1.82) is 0 Å². The molecule has 2 nitrogen and oxygen atoms in total. The monoisotopic (exact) mass is 285 g/mol. The summed E-state index contributed by atoms with van der Waals surface area (Å²) in [6, 6.07) is 12.4. The molecule has 1 aliphatic heterocycles. The fourth-order valence-corrected chi connectivity index (χ4v) is 3.20. The minimum atomic E-state index is -0.109. The molecule has 1 saturated heterocycles. The average Bonchev–Trinajstić information content (AvgIpc) is 2.72. The number of amides is 1. The van der Waals surface area contributed by atoms with Crippen molar-refractivity contribution < 1.29 is 4.79 Å². The van der Waals surface area contributed by atoms with E-state index in [9.17, 15) is 4.79 Å². The van der Waals surface area contributed by atoms with E-state index in [-0.39, 0.29) is 5.91 Å². The first-order valence-corrected chi connectivity index (χ1v) is 7.11. The van der Waals surface area contributed by atoms with Crippen molar-refractivity contribution >= 4 is 51.1 Å². The highest BCUT2D eigenvalue weighted by Gasteiger charge is 2.22. The molecule has 0 saturated carbocycles. The molecular formula is C15H11NOS2. The van der Waals surface area contributed by atoms with Gasteiger partial charge in [0.25, 0.3) is 5.91 Å². The number of benzene rings is 2. The lowest BCUT2D eigenvalue weighted by Gasteiger charge is -2.06. The second-order valence-electron chi connectivity index (χ2n) is 4.35. The summed E-state index contributed by atoms with van der Waals surface area (Å²) in [5.41, 5.74) is 2.23. The van der Waals surface area contributed by atoms with Gasteiger partial charge in [0.2, 0.25) is 0 Å². The SMILES string of the molecule is Cc1c(/C=C2/SC(=S)NC2=O)ccc2ccccc12. The zero-order valence-electron chi connectivity index (χ0n) is 10.3. The Kier molecular flexibility index (Phi) is 3.12. The number of nitrogens with one attached hydrogen (secondary N) is 1. The molecule has 1 N–H and O–H groups in total. The number of thioether (sulfide) groups is 1. The molecule has 1 heterocycles. The molecule has 19 heavy (non-hydrogen) atoms. The van der Waals surface area contributed by atoms with E-state index in [1.807, 2.05) is 24.3 Å². The number of hydrogen-bond acceptors (Lipinski definition) is 3. The van der Waals surface area contributed by atoms with Crippen molar-refractivity contribution in [2.24, 2.45) is 0 Å². The van der Waals surface area contributed by atoms with Gasteiger partial charge in [-0.1, -0.05) is 60.4 Å². The Bertz CT molecular complexity index is 734. The first kappa shape index (κ1) is 12.4. The lowest BCUT2D eigenvalue weighted by molar-refractivity contribution is -0.115. The molecular weight excluding hydrogens is 274 g/mol.